The maximum absolute atomic E-state index is 13.5. The molecule has 0 fully saturated rings. The maximum atomic E-state index is 13.5. The second kappa shape index (κ2) is 6.20. The summed E-state index contributed by atoms with van der Waals surface area (Å²) in [6.07, 6.45) is 0.404. The van der Waals surface area contributed by atoms with Crippen molar-refractivity contribution in [3.05, 3.63) is 65.0 Å². The zero-order valence-electron chi connectivity index (χ0n) is 12.8. The van der Waals surface area contributed by atoms with Crippen molar-refractivity contribution >= 4 is 17.5 Å². The number of likely N-dealkylation sites (N-methyl/N-ethyl adjacent to an activating group) is 1. The molecule has 118 valence electrons. The zero-order chi connectivity index (χ0) is 16.4. The van der Waals surface area contributed by atoms with E-state index in [9.17, 15) is 14.0 Å². The van der Waals surface area contributed by atoms with Crippen LogP contribution >= 0.6 is 0 Å². The average molecular weight is 312 g/mol. The van der Waals surface area contributed by atoms with E-state index >= 15 is 0 Å². The van der Waals surface area contributed by atoms with Gasteiger partial charge in [0, 0.05) is 19.3 Å². The Kier molecular flexibility index (Phi) is 4.10. The first kappa shape index (κ1) is 15.2. The van der Waals surface area contributed by atoms with E-state index in [4.69, 9.17) is 0 Å². The molecule has 0 unspecified atom stereocenters. The number of fused-ring (bicyclic) bond motifs is 1. The molecule has 2 aromatic rings. The minimum Gasteiger partial charge on any atom is -0.352 e. The Hall–Kier alpha value is -2.69. The molecule has 3 rings (SSSR count). The van der Waals surface area contributed by atoms with Crippen molar-refractivity contribution < 1.29 is 14.0 Å². The molecule has 1 aliphatic heterocycles. The Morgan fingerprint density at radius 3 is 2.83 bits per heavy atom. The van der Waals surface area contributed by atoms with Crippen molar-refractivity contribution in [2.45, 2.75) is 19.4 Å². The first-order chi connectivity index (χ1) is 11.0. The summed E-state index contributed by atoms with van der Waals surface area (Å²) in [6, 6.07) is 12.0. The third-order valence-electron chi connectivity index (χ3n) is 4.02. The van der Waals surface area contributed by atoms with E-state index in [1.54, 1.807) is 30.1 Å². The van der Waals surface area contributed by atoms with Gasteiger partial charge in [-0.2, -0.15) is 0 Å². The molecule has 1 heterocycles. The van der Waals surface area contributed by atoms with Crippen LogP contribution < -0.4 is 10.2 Å². The van der Waals surface area contributed by atoms with Crippen LogP contribution in [0.25, 0.3) is 0 Å². The molecule has 0 aliphatic carbocycles. The van der Waals surface area contributed by atoms with Crippen molar-refractivity contribution in [1.82, 2.24) is 5.32 Å². The molecule has 1 aliphatic rings. The van der Waals surface area contributed by atoms with Crippen LogP contribution in [0.1, 0.15) is 16.7 Å². The minimum atomic E-state index is -0.373. The SMILES string of the molecule is CN1C(=O)Cc2cc(CNC(=O)Cc3ccccc3F)ccc21. The highest BCUT2D eigenvalue weighted by atomic mass is 19.1. The molecule has 0 atom stereocenters. The highest BCUT2D eigenvalue weighted by Gasteiger charge is 2.23. The van der Waals surface area contributed by atoms with Gasteiger partial charge in [-0.15, -0.1) is 0 Å². The van der Waals surface area contributed by atoms with Crippen molar-refractivity contribution in [3.8, 4) is 0 Å². The number of carbonyl (C=O) groups excluding carboxylic acids is 2. The lowest BCUT2D eigenvalue weighted by molar-refractivity contribution is -0.120. The number of benzene rings is 2. The molecule has 1 N–H and O–H groups in total. The number of halogens is 1. The molecule has 23 heavy (non-hydrogen) atoms. The number of nitrogens with zero attached hydrogens (tertiary/aromatic N) is 1. The number of amides is 2. The van der Waals surface area contributed by atoms with Gasteiger partial charge in [-0.1, -0.05) is 30.3 Å². The Bertz CT molecular complexity index is 773. The summed E-state index contributed by atoms with van der Waals surface area (Å²) in [5, 5.41) is 2.78. The van der Waals surface area contributed by atoms with Crippen molar-refractivity contribution in [3.63, 3.8) is 0 Å². The first-order valence-electron chi connectivity index (χ1n) is 7.43. The summed E-state index contributed by atoms with van der Waals surface area (Å²) in [5.41, 5.74) is 3.19. The predicted molar refractivity (Wildman–Crippen MR) is 85.5 cm³/mol. The highest BCUT2D eigenvalue weighted by Crippen LogP contribution is 2.28. The molecule has 0 saturated heterocycles. The Morgan fingerprint density at radius 2 is 2.04 bits per heavy atom. The van der Waals surface area contributed by atoms with Crippen LogP contribution in [0.15, 0.2) is 42.5 Å². The number of anilines is 1. The molecule has 2 aromatic carbocycles. The topological polar surface area (TPSA) is 49.4 Å². The van der Waals surface area contributed by atoms with E-state index in [0.717, 1.165) is 16.8 Å². The van der Waals surface area contributed by atoms with Crippen molar-refractivity contribution in [2.75, 3.05) is 11.9 Å². The third kappa shape index (κ3) is 3.23. The number of nitrogens with one attached hydrogen (secondary N) is 1. The molecule has 0 bridgehead atoms. The van der Waals surface area contributed by atoms with Crippen LogP contribution in [-0.4, -0.2) is 18.9 Å². The fourth-order valence-corrected chi connectivity index (χ4v) is 2.71. The van der Waals surface area contributed by atoms with Gasteiger partial charge in [0.2, 0.25) is 11.8 Å². The van der Waals surface area contributed by atoms with Crippen LogP contribution in [0.2, 0.25) is 0 Å². The zero-order valence-corrected chi connectivity index (χ0v) is 12.8. The van der Waals surface area contributed by atoms with Gasteiger partial charge in [0.25, 0.3) is 0 Å². The molecule has 0 saturated carbocycles. The van der Waals surface area contributed by atoms with E-state index < -0.39 is 0 Å². The number of hydrogen-bond acceptors (Lipinski definition) is 2. The Balaban J connectivity index is 1.61. The summed E-state index contributed by atoms with van der Waals surface area (Å²) in [5.74, 6) is -0.536. The van der Waals surface area contributed by atoms with Crippen LogP contribution in [0.4, 0.5) is 10.1 Å². The monoisotopic (exact) mass is 312 g/mol. The maximum Gasteiger partial charge on any atom is 0.231 e. The molecular formula is C18H17FN2O2. The second-order valence-corrected chi connectivity index (χ2v) is 5.64. The van der Waals surface area contributed by atoms with Crippen molar-refractivity contribution in [2.24, 2.45) is 0 Å². The summed E-state index contributed by atoms with van der Waals surface area (Å²) in [7, 11) is 1.75. The summed E-state index contributed by atoms with van der Waals surface area (Å²) in [4.78, 5) is 25.2. The fraction of sp³-hybridized carbons (Fsp3) is 0.222. The number of rotatable bonds is 4. The van der Waals surface area contributed by atoms with E-state index in [1.165, 1.54) is 6.07 Å². The smallest absolute Gasteiger partial charge is 0.231 e. The molecule has 4 nitrogen and oxygen atoms in total. The lowest BCUT2D eigenvalue weighted by Crippen LogP contribution is -2.25. The van der Waals surface area contributed by atoms with Gasteiger partial charge in [0.15, 0.2) is 0 Å². The summed E-state index contributed by atoms with van der Waals surface area (Å²) in [6.45, 7) is 0.360. The van der Waals surface area contributed by atoms with Crippen LogP contribution in [0, 0.1) is 5.82 Å². The normalized spacial score (nSPS) is 13.1. The van der Waals surface area contributed by atoms with Gasteiger partial charge >= 0.3 is 0 Å². The van der Waals surface area contributed by atoms with E-state index in [2.05, 4.69) is 5.32 Å². The van der Waals surface area contributed by atoms with Gasteiger partial charge in [-0.05, 0) is 28.8 Å². The van der Waals surface area contributed by atoms with E-state index in [0.29, 0.717) is 18.5 Å². The Morgan fingerprint density at radius 1 is 1.26 bits per heavy atom. The fourth-order valence-electron chi connectivity index (χ4n) is 2.71. The first-order valence-corrected chi connectivity index (χ1v) is 7.43. The Labute approximate surface area is 133 Å². The molecule has 0 aromatic heterocycles. The van der Waals surface area contributed by atoms with Gasteiger partial charge in [-0.25, -0.2) is 4.39 Å². The summed E-state index contributed by atoms with van der Waals surface area (Å²) < 4.78 is 13.5. The third-order valence-corrected chi connectivity index (χ3v) is 4.02. The van der Waals surface area contributed by atoms with Crippen LogP contribution in [-0.2, 0) is 29.0 Å². The molecule has 0 spiro atoms. The van der Waals surface area contributed by atoms with Gasteiger partial charge < -0.3 is 10.2 Å². The van der Waals surface area contributed by atoms with Gasteiger partial charge in [0.1, 0.15) is 5.82 Å². The molecular weight excluding hydrogens is 295 g/mol. The van der Waals surface area contributed by atoms with E-state index in [-0.39, 0.29) is 24.1 Å². The lowest BCUT2D eigenvalue weighted by atomic mass is 10.1. The van der Waals surface area contributed by atoms with Gasteiger partial charge in [-0.3, -0.25) is 9.59 Å². The van der Waals surface area contributed by atoms with Gasteiger partial charge in [0.05, 0.1) is 12.8 Å². The second-order valence-electron chi connectivity index (χ2n) is 5.64. The quantitative estimate of drug-likeness (QED) is 0.941. The molecule has 2 amide bonds. The van der Waals surface area contributed by atoms with E-state index in [1.807, 2.05) is 18.2 Å². The number of carbonyl (C=O) groups is 2. The molecule has 0 radical (unpaired) electrons. The van der Waals surface area contributed by atoms with Crippen molar-refractivity contribution in [1.29, 1.82) is 0 Å². The standard InChI is InChI=1S/C18H17FN2O2/c1-21-16-7-6-12(8-14(16)10-18(21)23)11-20-17(22)9-13-4-2-3-5-15(13)19/h2-8H,9-11H2,1H3,(H,20,22). The lowest BCUT2D eigenvalue weighted by Gasteiger charge is -2.11. The minimum absolute atomic E-state index is 0.0127. The molecule has 5 heteroatoms. The van der Waals surface area contributed by atoms with Crippen LogP contribution in [0.3, 0.4) is 0 Å². The number of hydrogen-bond donors (Lipinski definition) is 1. The summed E-state index contributed by atoms with van der Waals surface area (Å²) >= 11 is 0. The van der Waals surface area contributed by atoms with Crippen LogP contribution in [0.5, 0.6) is 0 Å². The predicted octanol–water partition coefficient (Wildman–Crippen LogP) is 2.20. The average Bonchev–Trinajstić information content (AvgIpc) is 2.82. The highest BCUT2D eigenvalue weighted by molar-refractivity contribution is 6.00. The largest absolute Gasteiger partial charge is 0.352 e.